The maximum atomic E-state index is 10.3. The van der Waals surface area contributed by atoms with Gasteiger partial charge < -0.3 is 10.8 Å². The molecule has 1 rings (SSSR count). The van der Waals surface area contributed by atoms with E-state index in [1.165, 1.54) is 18.2 Å². The summed E-state index contributed by atoms with van der Waals surface area (Å²) in [5.41, 5.74) is 5.76. The van der Waals surface area contributed by atoms with E-state index >= 15 is 0 Å². The molecule has 70 valence electrons. The van der Waals surface area contributed by atoms with Crippen molar-refractivity contribution in [1.82, 2.24) is 0 Å². The third kappa shape index (κ3) is 2.01. The third-order valence-corrected chi connectivity index (χ3v) is 1.74. The molecule has 1 amide bonds. The molecular formula is C7H7ClN2O3. The summed E-state index contributed by atoms with van der Waals surface area (Å²) in [6.45, 7) is 0. The summed E-state index contributed by atoms with van der Waals surface area (Å²) in [7, 11) is 0. The Kier molecular flexibility index (Phi) is 2.60. The molecule has 0 unspecified atom stereocenters. The highest BCUT2D eigenvalue weighted by Gasteiger charge is 2.11. The molecule has 0 saturated carbocycles. The molecule has 0 aliphatic rings. The van der Waals surface area contributed by atoms with Gasteiger partial charge in [-0.3, -0.25) is 5.21 Å². The van der Waals surface area contributed by atoms with Crippen molar-refractivity contribution in [2.75, 3.05) is 10.8 Å². The number of carboxylic acid groups (broad SMARTS) is 1. The van der Waals surface area contributed by atoms with E-state index in [0.717, 1.165) is 0 Å². The van der Waals surface area contributed by atoms with Gasteiger partial charge in [0.2, 0.25) is 0 Å². The molecule has 4 N–H and O–H groups in total. The Morgan fingerprint density at radius 3 is 2.62 bits per heavy atom. The van der Waals surface area contributed by atoms with Crippen LogP contribution in [0.1, 0.15) is 0 Å². The summed E-state index contributed by atoms with van der Waals surface area (Å²) in [6, 6.07) is 4.00. The molecule has 0 spiro atoms. The first-order valence-corrected chi connectivity index (χ1v) is 3.67. The number of nitrogens with zero attached hydrogens (tertiary/aromatic N) is 1. The van der Waals surface area contributed by atoms with Crippen molar-refractivity contribution < 1.29 is 15.1 Å². The zero-order valence-corrected chi connectivity index (χ0v) is 7.19. The second kappa shape index (κ2) is 3.51. The highest BCUT2D eigenvalue weighted by molar-refractivity contribution is 6.33. The molecule has 0 saturated heterocycles. The smallest absolute Gasteiger partial charge is 0.436 e. The van der Waals surface area contributed by atoms with Crippen LogP contribution in [0.4, 0.5) is 16.2 Å². The second-order valence-electron chi connectivity index (χ2n) is 2.30. The summed E-state index contributed by atoms with van der Waals surface area (Å²) in [4.78, 5) is 10.3. The molecular weight excluding hydrogens is 196 g/mol. The number of hydrogen-bond donors (Lipinski definition) is 3. The lowest BCUT2D eigenvalue weighted by molar-refractivity contribution is 0.160. The zero-order valence-electron chi connectivity index (χ0n) is 6.44. The van der Waals surface area contributed by atoms with Gasteiger partial charge in [0.1, 0.15) is 0 Å². The average molecular weight is 203 g/mol. The Labute approximate surface area is 78.9 Å². The molecule has 0 aromatic heterocycles. The SMILES string of the molecule is Nc1ccc(N(O)C(=O)O)cc1Cl. The van der Waals surface area contributed by atoms with Gasteiger partial charge in [-0.05, 0) is 18.2 Å². The van der Waals surface area contributed by atoms with Gasteiger partial charge in [-0.2, -0.15) is 5.06 Å². The van der Waals surface area contributed by atoms with Crippen molar-refractivity contribution in [3.8, 4) is 0 Å². The molecule has 0 aliphatic carbocycles. The predicted octanol–water partition coefficient (Wildman–Crippen LogP) is 1.80. The van der Waals surface area contributed by atoms with Crippen LogP contribution >= 0.6 is 11.6 Å². The van der Waals surface area contributed by atoms with Crippen molar-refractivity contribution >= 4 is 29.1 Å². The van der Waals surface area contributed by atoms with Gasteiger partial charge in [0.05, 0.1) is 16.4 Å². The lowest BCUT2D eigenvalue weighted by Crippen LogP contribution is -2.24. The minimum atomic E-state index is -1.49. The van der Waals surface area contributed by atoms with Crippen LogP contribution in [0.25, 0.3) is 0 Å². The van der Waals surface area contributed by atoms with Crippen LogP contribution < -0.4 is 10.8 Å². The summed E-state index contributed by atoms with van der Waals surface area (Å²) in [6.07, 6.45) is -1.49. The van der Waals surface area contributed by atoms with E-state index in [0.29, 0.717) is 5.69 Å². The van der Waals surface area contributed by atoms with Crippen LogP contribution in [0.15, 0.2) is 18.2 Å². The van der Waals surface area contributed by atoms with Crippen LogP contribution in [0.3, 0.4) is 0 Å². The lowest BCUT2D eigenvalue weighted by Gasteiger charge is -2.11. The van der Waals surface area contributed by atoms with Gasteiger partial charge in [-0.25, -0.2) is 4.79 Å². The van der Waals surface area contributed by atoms with Gasteiger partial charge in [0.25, 0.3) is 0 Å². The van der Waals surface area contributed by atoms with E-state index in [4.69, 9.17) is 27.6 Å². The van der Waals surface area contributed by atoms with E-state index in [1.54, 1.807) is 0 Å². The Morgan fingerprint density at radius 2 is 2.15 bits per heavy atom. The number of hydroxylamine groups is 1. The van der Waals surface area contributed by atoms with Crippen LogP contribution in [0, 0.1) is 0 Å². The lowest BCUT2D eigenvalue weighted by atomic mass is 10.3. The number of benzene rings is 1. The molecule has 6 heteroatoms. The molecule has 1 aromatic rings. The molecule has 0 atom stereocenters. The van der Waals surface area contributed by atoms with Gasteiger partial charge in [0.15, 0.2) is 0 Å². The number of hydrogen-bond acceptors (Lipinski definition) is 3. The Bertz CT molecular complexity index is 343. The highest BCUT2D eigenvalue weighted by atomic mass is 35.5. The maximum absolute atomic E-state index is 10.3. The molecule has 0 fully saturated rings. The Balaban J connectivity index is 3.03. The number of amides is 1. The fraction of sp³-hybridized carbons (Fsp3) is 0. The fourth-order valence-corrected chi connectivity index (χ4v) is 0.933. The normalized spacial score (nSPS) is 9.69. The quantitative estimate of drug-likeness (QED) is 0.368. The number of rotatable bonds is 1. The van der Waals surface area contributed by atoms with E-state index in [9.17, 15) is 4.79 Å². The molecule has 0 bridgehead atoms. The zero-order chi connectivity index (χ0) is 10.0. The van der Waals surface area contributed by atoms with Gasteiger partial charge >= 0.3 is 6.09 Å². The average Bonchev–Trinajstić information content (AvgIpc) is 2.08. The van der Waals surface area contributed by atoms with Gasteiger partial charge in [-0.1, -0.05) is 11.6 Å². The second-order valence-corrected chi connectivity index (χ2v) is 2.71. The fourth-order valence-electron chi connectivity index (χ4n) is 0.758. The number of anilines is 2. The van der Waals surface area contributed by atoms with Crippen LogP contribution in [0.2, 0.25) is 5.02 Å². The predicted molar refractivity (Wildman–Crippen MR) is 48.2 cm³/mol. The highest BCUT2D eigenvalue weighted by Crippen LogP contribution is 2.24. The standard InChI is InChI=1S/C7H7ClN2O3/c8-5-3-4(1-2-6(5)9)10(13)7(11)12/h1-3,13H,9H2,(H,11,12). The van der Waals surface area contributed by atoms with Gasteiger partial charge in [-0.15, -0.1) is 0 Å². The van der Waals surface area contributed by atoms with Gasteiger partial charge in [0, 0.05) is 0 Å². The molecule has 0 heterocycles. The number of nitrogen functional groups attached to an aromatic ring is 1. The number of nitrogens with two attached hydrogens (primary N) is 1. The Hall–Kier alpha value is -1.46. The topological polar surface area (TPSA) is 86.8 Å². The first-order valence-electron chi connectivity index (χ1n) is 3.29. The van der Waals surface area contributed by atoms with Crippen LogP contribution in [-0.2, 0) is 0 Å². The summed E-state index contributed by atoms with van der Waals surface area (Å²) < 4.78 is 0. The van der Waals surface area contributed by atoms with Crippen molar-refractivity contribution in [2.45, 2.75) is 0 Å². The first kappa shape index (κ1) is 9.63. The van der Waals surface area contributed by atoms with Crippen LogP contribution in [-0.4, -0.2) is 16.4 Å². The monoisotopic (exact) mass is 202 g/mol. The third-order valence-electron chi connectivity index (χ3n) is 1.41. The molecule has 13 heavy (non-hydrogen) atoms. The van der Waals surface area contributed by atoms with Crippen molar-refractivity contribution in [1.29, 1.82) is 0 Å². The minimum Gasteiger partial charge on any atom is -0.463 e. The first-order chi connectivity index (χ1) is 6.02. The van der Waals surface area contributed by atoms with E-state index < -0.39 is 6.09 Å². The summed E-state index contributed by atoms with van der Waals surface area (Å²) in [5.74, 6) is 0. The van der Waals surface area contributed by atoms with Crippen molar-refractivity contribution in [2.24, 2.45) is 0 Å². The minimum absolute atomic E-state index is 0.0479. The number of carbonyl (C=O) groups is 1. The molecule has 1 aromatic carbocycles. The van der Waals surface area contributed by atoms with E-state index in [1.807, 2.05) is 0 Å². The van der Waals surface area contributed by atoms with E-state index in [-0.39, 0.29) is 15.8 Å². The van der Waals surface area contributed by atoms with Crippen LogP contribution in [0.5, 0.6) is 0 Å². The van der Waals surface area contributed by atoms with E-state index in [2.05, 4.69) is 0 Å². The Morgan fingerprint density at radius 1 is 1.54 bits per heavy atom. The number of halogens is 1. The maximum Gasteiger partial charge on any atom is 0.436 e. The largest absolute Gasteiger partial charge is 0.463 e. The van der Waals surface area contributed by atoms with Crippen molar-refractivity contribution in [3.05, 3.63) is 23.2 Å². The molecule has 0 radical (unpaired) electrons. The molecule has 5 nitrogen and oxygen atoms in total. The summed E-state index contributed by atoms with van der Waals surface area (Å²) >= 11 is 5.61. The van der Waals surface area contributed by atoms with Crippen molar-refractivity contribution in [3.63, 3.8) is 0 Å². The summed E-state index contributed by atoms with van der Waals surface area (Å²) in [5, 5.41) is 17.6. The molecule has 0 aliphatic heterocycles.